The Hall–Kier alpha value is -1.94. The first-order valence-corrected chi connectivity index (χ1v) is 8.63. The number of rotatable bonds is 4. The molecule has 1 aliphatic rings. The Kier molecular flexibility index (Phi) is 4.39. The van der Waals surface area contributed by atoms with Gasteiger partial charge >= 0.3 is 0 Å². The molecule has 0 N–H and O–H groups in total. The highest BCUT2D eigenvalue weighted by Gasteiger charge is 2.25. The minimum absolute atomic E-state index is 0.0109. The molecule has 0 bridgehead atoms. The zero-order chi connectivity index (χ0) is 15.5. The van der Waals surface area contributed by atoms with E-state index in [1.165, 1.54) is 0 Å². The maximum Gasteiger partial charge on any atom is 0.218 e. The lowest BCUT2D eigenvalue weighted by molar-refractivity contribution is 0.319. The fourth-order valence-electron chi connectivity index (χ4n) is 2.44. The van der Waals surface area contributed by atoms with Crippen LogP contribution in [0.4, 0.5) is 0 Å². The molecule has 1 heterocycles. The molecule has 2 aromatic rings. The summed E-state index contributed by atoms with van der Waals surface area (Å²) in [6.07, 6.45) is 0. The van der Waals surface area contributed by atoms with Gasteiger partial charge in [-0.3, -0.25) is 4.21 Å². The molecule has 0 saturated heterocycles. The van der Waals surface area contributed by atoms with Crippen LogP contribution in [0.2, 0.25) is 0 Å². The summed E-state index contributed by atoms with van der Waals surface area (Å²) in [6.45, 7) is 4.44. The molecule has 2 atom stereocenters. The number of hydrogen-bond donors (Lipinski definition) is 0. The highest BCUT2D eigenvalue weighted by Crippen LogP contribution is 2.27. The highest BCUT2D eigenvalue weighted by atomic mass is 32.2. The van der Waals surface area contributed by atoms with Crippen molar-refractivity contribution in [3.05, 3.63) is 65.7 Å². The van der Waals surface area contributed by atoms with Crippen LogP contribution in [0.15, 0.2) is 64.5 Å². The predicted molar refractivity (Wildman–Crippen MR) is 89.7 cm³/mol. The monoisotopic (exact) mass is 313 g/mol. The normalized spacial score (nSPS) is 18.9. The quantitative estimate of drug-likeness (QED) is 0.863. The van der Waals surface area contributed by atoms with Gasteiger partial charge in [-0.1, -0.05) is 56.3 Å². The molecule has 3 nitrogen and oxygen atoms in total. The summed E-state index contributed by atoms with van der Waals surface area (Å²) in [5.41, 5.74) is 1.98. The van der Waals surface area contributed by atoms with Crippen LogP contribution < -0.4 is 0 Å². The summed E-state index contributed by atoms with van der Waals surface area (Å²) in [5.74, 6) is 0.596. The summed E-state index contributed by atoms with van der Waals surface area (Å²) >= 11 is 0. The summed E-state index contributed by atoms with van der Waals surface area (Å²) in [5, 5.41) is 0.0630. The number of benzene rings is 2. The molecule has 0 spiro atoms. The van der Waals surface area contributed by atoms with Crippen molar-refractivity contribution in [1.82, 2.24) is 0 Å². The van der Waals surface area contributed by atoms with Gasteiger partial charge in [0.2, 0.25) is 5.90 Å². The van der Waals surface area contributed by atoms with Gasteiger partial charge in [-0.2, -0.15) is 0 Å². The standard InChI is InChI=1S/C18H19NO2S/c1-13(2)22(20)17-11-7-6-10-15(17)18-19-16(12-21-18)14-8-4-3-5-9-14/h3-11,13,16H,12H2,1-2H3/t16?,22-/m1/s1. The summed E-state index contributed by atoms with van der Waals surface area (Å²) in [6, 6.07) is 17.8. The van der Waals surface area contributed by atoms with Crippen molar-refractivity contribution in [3.8, 4) is 0 Å². The smallest absolute Gasteiger partial charge is 0.218 e. The average Bonchev–Trinajstić information content (AvgIpc) is 3.05. The Bertz CT molecular complexity index is 710. The van der Waals surface area contributed by atoms with E-state index in [1.807, 2.05) is 56.3 Å². The highest BCUT2D eigenvalue weighted by molar-refractivity contribution is 7.85. The molecule has 2 aromatic carbocycles. The maximum atomic E-state index is 12.5. The molecule has 0 fully saturated rings. The third-order valence-corrected chi connectivity index (χ3v) is 5.24. The fourth-order valence-corrected chi connectivity index (χ4v) is 3.53. The van der Waals surface area contributed by atoms with Crippen LogP contribution in [0, 0.1) is 0 Å². The molecule has 4 heteroatoms. The summed E-state index contributed by atoms with van der Waals surface area (Å²) in [4.78, 5) is 5.49. The van der Waals surface area contributed by atoms with Gasteiger partial charge in [-0.05, 0) is 17.7 Å². The van der Waals surface area contributed by atoms with Crippen LogP contribution in [0.25, 0.3) is 0 Å². The molecule has 1 aliphatic heterocycles. The van der Waals surface area contributed by atoms with Crippen molar-refractivity contribution in [2.75, 3.05) is 6.61 Å². The third kappa shape index (κ3) is 2.97. The van der Waals surface area contributed by atoms with Gasteiger partial charge in [0.1, 0.15) is 12.6 Å². The number of ether oxygens (including phenoxy) is 1. The number of nitrogens with zero attached hydrogens (tertiary/aromatic N) is 1. The molecule has 3 rings (SSSR count). The zero-order valence-electron chi connectivity index (χ0n) is 12.7. The second kappa shape index (κ2) is 6.44. The third-order valence-electron chi connectivity index (χ3n) is 3.60. The molecule has 0 radical (unpaired) electrons. The summed E-state index contributed by atoms with van der Waals surface area (Å²) < 4.78 is 18.3. The molecule has 0 saturated carbocycles. The van der Waals surface area contributed by atoms with Gasteiger partial charge < -0.3 is 4.74 Å². The molecular formula is C18H19NO2S. The van der Waals surface area contributed by atoms with E-state index >= 15 is 0 Å². The number of aliphatic imine (C=N–C) groups is 1. The van der Waals surface area contributed by atoms with Gasteiger partial charge in [-0.15, -0.1) is 0 Å². The largest absolute Gasteiger partial charge is 0.475 e. The Balaban J connectivity index is 1.94. The number of hydrogen-bond acceptors (Lipinski definition) is 3. The van der Waals surface area contributed by atoms with Crippen LogP contribution in [0.5, 0.6) is 0 Å². The van der Waals surface area contributed by atoms with Gasteiger partial charge in [0.25, 0.3) is 0 Å². The van der Waals surface area contributed by atoms with Gasteiger partial charge in [-0.25, -0.2) is 4.99 Å². The molecular weight excluding hydrogens is 294 g/mol. The first-order chi connectivity index (χ1) is 10.7. The van der Waals surface area contributed by atoms with Crippen LogP contribution in [-0.2, 0) is 15.5 Å². The molecule has 22 heavy (non-hydrogen) atoms. The molecule has 114 valence electrons. The van der Waals surface area contributed by atoms with Gasteiger partial charge in [0.05, 0.1) is 21.3 Å². The van der Waals surface area contributed by atoms with Crippen molar-refractivity contribution < 1.29 is 8.95 Å². The van der Waals surface area contributed by atoms with Crippen molar-refractivity contribution in [1.29, 1.82) is 0 Å². The van der Waals surface area contributed by atoms with Crippen molar-refractivity contribution in [3.63, 3.8) is 0 Å². The Morgan fingerprint density at radius 2 is 1.77 bits per heavy atom. The lowest BCUT2D eigenvalue weighted by atomic mass is 10.1. The lowest BCUT2D eigenvalue weighted by Crippen LogP contribution is -2.12. The Morgan fingerprint density at radius 1 is 1.09 bits per heavy atom. The minimum Gasteiger partial charge on any atom is -0.475 e. The van der Waals surface area contributed by atoms with Crippen molar-refractivity contribution in [2.24, 2.45) is 4.99 Å². The van der Waals surface area contributed by atoms with Crippen LogP contribution in [0.1, 0.15) is 31.0 Å². The van der Waals surface area contributed by atoms with Gasteiger partial charge in [0.15, 0.2) is 0 Å². The Labute approximate surface area is 133 Å². The van der Waals surface area contributed by atoms with E-state index in [9.17, 15) is 4.21 Å². The summed E-state index contributed by atoms with van der Waals surface area (Å²) in [7, 11) is -1.06. The first kappa shape index (κ1) is 15.0. The minimum atomic E-state index is -1.06. The van der Waals surface area contributed by atoms with Crippen molar-refractivity contribution in [2.45, 2.75) is 30.0 Å². The van der Waals surface area contributed by atoms with E-state index in [2.05, 4.69) is 12.1 Å². The predicted octanol–water partition coefficient (Wildman–Crippen LogP) is 3.72. The SMILES string of the molecule is CC(C)[S@@](=O)c1ccccc1C1=NC(c2ccccc2)CO1. The van der Waals surface area contributed by atoms with E-state index in [0.29, 0.717) is 12.5 Å². The van der Waals surface area contributed by atoms with E-state index in [-0.39, 0.29) is 11.3 Å². The second-order valence-corrected chi connectivity index (χ2v) is 7.49. The van der Waals surface area contributed by atoms with E-state index in [4.69, 9.17) is 9.73 Å². The lowest BCUT2D eigenvalue weighted by Gasteiger charge is -2.10. The first-order valence-electron chi connectivity index (χ1n) is 7.42. The molecule has 0 amide bonds. The van der Waals surface area contributed by atoms with Crippen LogP contribution >= 0.6 is 0 Å². The topological polar surface area (TPSA) is 38.7 Å². The maximum absolute atomic E-state index is 12.5. The second-order valence-electron chi connectivity index (χ2n) is 5.51. The average molecular weight is 313 g/mol. The fraction of sp³-hybridized carbons (Fsp3) is 0.278. The Morgan fingerprint density at radius 3 is 2.50 bits per heavy atom. The van der Waals surface area contributed by atoms with Crippen molar-refractivity contribution >= 4 is 16.7 Å². The van der Waals surface area contributed by atoms with E-state index in [0.717, 1.165) is 16.0 Å². The van der Waals surface area contributed by atoms with E-state index in [1.54, 1.807) is 0 Å². The van der Waals surface area contributed by atoms with E-state index < -0.39 is 10.8 Å². The molecule has 0 aliphatic carbocycles. The molecule has 1 unspecified atom stereocenters. The van der Waals surface area contributed by atoms with Crippen LogP contribution in [-0.4, -0.2) is 22.0 Å². The molecule has 0 aromatic heterocycles. The van der Waals surface area contributed by atoms with Gasteiger partial charge in [0, 0.05) is 5.25 Å². The zero-order valence-corrected chi connectivity index (χ0v) is 13.5. The van der Waals surface area contributed by atoms with Crippen LogP contribution in [0.3, 0.4) is 0 Å².